The molecular weight excluding hydrogens is 322 g/mol. The van der Waals surface area contributed by atoms with Crippen LogP contribution in [0.15, 0.2) is 42.5 Å². The predicted octanol–water partition coefficient (Wildman–Crippen LogP) is 3.88. The Hall–Kier alpha value is -2.29. The lowest BCUT2D eigenvalue weighted by Crippen LogP contribution is -2.44. The van der Waals surface area contributed by atoms with Crippen LogP contribution >= 0.6 is 0 Å². The van der Waals surface area contributed by atoms with Gasteiger partial charge in [0, 0.05) is 19.1 Å². The average Bonchev–Trinajstić information content (AvgIpc) is 2.61. The van der Waals surface area contributed by atoms with Gasteiger partial charge in [0.15, 0.2) is 0 Å². The highest BCUT2D eigenvalue weighted by Gasteiger charge is 2.39. The zero-order chi connectivity index (χ0) is 18.0. The first kappa shape index (κ1) is 17.5. The first-order valence-corrected chi connectivity index (χ1v) is 8.35. The van der Waals surface area contributed by atoms with Crippen LogP contribution in [0.5, 0.6) is 0 Å². The van der Waals surface area contributed by atoms with Gasteiger partial charge in [0.1, 0.15) is 11.6 Å². The second-order valence-electron chi connectivity index (χ2n) is 6.58. The van der Waals surface area contributed by atoms with Gasteiger partial charge in [0.25, 0.3) is 0 Å². The molecule has 0 radical (unpaired) electrons. The van der Waals surface area contributed by atoms with Gasteiger partial charge in [-0.25, -0.2) is 8.78 Å². The van der Waals surface area contributed by atoms with Crippen molar-refractivity contribution in [1.29, 1.82) is 5.26 Å². The number of nitrogens with zero attached hydrogens (tertiary/aromatic N) is 2. The normalized spacial score (nSPS) is 18.5. The molecule has 1 aliphatic rings. The highest BCUT2D eigenvalue weighted by Crippen LogP contribution is 2.38. The van der Waals surface area contributed by atoms with Crippen molar-refractivity contribution in [3.63, 3.8) is 0 Å². The van der Waals surface area contributed by atoms with Crippen molar-refractivity contribution in [3.05, 3.63) is 70.8 Å². The van der Waals surface area contributed by atoms with Crippen molar-refractivity contribution in [2.24, 2.45) is 0 Å². The topological polar surface area (TPSA) is 47.3 Å². The molecule has 3 rings (SSSR count). The second kappa shape index (κ2) is 6.91. The number of nitriles is 1. The minimum Gasteiger partial charge on any atom is -0.385 e. The van der Waals surface area contributed by atoms with Gasteiger partial charge < -0.3 is 5.11 Å². The van der Waals surface area contributed by atoms with E-state index in [2.05, 4.69) is 11.0 Å². The maximum Gasteiger partial charge on any atom is 0.132 e. The second-order valence-corrected chi connectivity index (χ2v) is 6.58. The van der Waals surface area contributed by atoms with E-state index in [1.165, 1.54) is 18.2 Å². The number of benzene rings is 2. The van der Waals surface area contributed by atoms with Crippen LogP contribution in [0.25, 0.3) is 0 Å². The first-order valence-electron chi connectivity index (χ1n) is 8.35. The number of likely N-dealkylation sites (tertiary alicyclic amines) is 1. The number of halogens is 2. The van der Waals surface area contributed by atoms with E-state index >= 15 is 0 Å². The summed E-state index contributed by atoms with van der Waals surface area (Å²) in [5, 5.41) is 19.8. The van der Waals surface area contributed by atoms with E-state index in [1.807, 2.05) is 25.1 Å². The van der Waals surface area contributed by atoms with Crippen molar-refractivity contribution in [2.75, 3.05) is 13.1 Å². The third-order valence-corrected chi connectivity index (χ3v) is 5.10. The highest BCUT2D eigenvalue weighted by atomic mass is 19.1. The zero-order valence-electron chi connectivity index (χ0n) is 14.0. The Labute approximate surface area is 146 Å². The van der Waals surface area contributed by atoms with E-state index in [-0.39, 0.29) is 24.4 Å². The fraction of sp³-hybridized carbons (Fsp3) is 0.350. The van der Waals surface area contributed by atoms with Crippen molar-refractivity contribution < 1.29 is 13.9 Å². The lowest BCUT2D eigenvalue weighted by Gasteiger charge is -2.41. The summed E-state index contributed by atoms with van der Waals surface area (Å²) in [7, 11) is 0. The third-order valence-electron chi connectivity index (χ3n) is 5.10. The van der Waals surface area contributed by atoms with Gasteiger partial charge in [-0.05, 0) is 49.6 Å². The van der Waals surface area contributed by atoms with Gasteiger partial charge in [0.2, 0.25) is 0 Å². The molecule has 2 aromatic carbocycles. The van der Waals surface area contributed by atoms with Crippen LogP contribution in [-0.2, 0) is 5.60 Å². The van der Waals surface area contributed by atoms with Gasteiger partial charge in [0.05, 0.1) is 22.8 Å². The molecule has 2 aromatic rings. The maximum absolute atomic E-state index is 14.0. The van der Waals surface area contributed by atoms with Gasteiger partial charge in [-0.1, -0.05) is 18.2 Å². The summed E-state index contributed by atoms with van der Waals surface area (Å²) in [5.74, 6) is -1.41. The molecule has 5 heteroatoms. The summed E-state index contributed by atoms with van der Waals surface area (Å²) in [6.07, 6.45) is 0.514. The monoisotopic (exact) mass is 342 g/mol. The smallest absolute Gasteiger partial charge is 0.132 e. The Balaban J connectivity index is 1.76. The van der Waals surface area contributed by atoms with Crippen molar-refractivity contribution in [3.8, 4) is 6.07 Å². The Morgan fingerprint density at radius 2 is 1.72 bits per heavy atom. The van der Waals surface area contributed by atoms with Crippen LogP contribution in [0.2, 0.25) is 0 Å². The molecule has 1 N–H and O–H groups in total. The number of hydrogen-bond acceptors (Lipinski definition) is 3. The standard InChI is InChI=1S/C20H20F2N2O/c1-14(16-5-2-4-15(12-16)13-23)24-10-8-20(25,9-11-24)19-17(21)6-3-7-18(19)22/h2-7,12,14,25H,8-11H2,1H3/t14-/m1/s1. The van der Waals surface area contributed by atoms with E-state index < -0.39 is 17.2 Å². The maximum atomic E-state index is 14.0. The number of piperidine rings is 1. The minimum absolute atomic E-state index is 0.0586. The molecule has 0 unspecified atom stereocenters. The Bertz CT molecular complexity index is 787. The minimum atomic E-state index is -1.49. The molecule has 0 spiro atoms. The number of hydrogen-bond donors (Lipinski definition) is 1. The fourth-order valence-electron chi connectivity index (χ4n) is 3.55. The molecule has 130 valence electrons. The third kappa shape index (κ3) is 3.41. The van der Waals surface area contributed by atoms with E-state index in [0.717, 1.165) is 5.56 Å². The van der Waals surface area contributed by atoms with E-state index in [9.17, 15) is 13.9 Å². The summed E-state index contributed by atoms with van der Waals surface area (Å²) in [4.78, 5) is 2.16. The number of aliphatic hydroxyl groups is 1. The van der Waals surface area contributed by atoms with Gasteiger partial charge >= 0.3 is 0 Å². The molecule has 3 nitrogen and oxygen atoms in total. The SMILES string of the molecule is C[C@H](c1cccc(C#N)c1)N1CCC(O)(c2c(F)cccc2F)CC1. The van der Waals surface area contributed by atoms with Crippen molar-refractivity contribution in [2.45, 2.75) is 31.4 Å². The molecule has 0 saturated carbocycles. The van der Waals surface area contributed by atoms with Crippen LogP contribution in [-0.4, -0.2) is 23.1 Å². The molecule has 1 fully saturated rings. The van der Waals surface area contributed by atoms with E-state index in [1.54, 1.807) is 6.07 Å². The Kier molecular flexibility index (Phi) is 4.85. The van der Waals surface area contributed by atoms with Crippen LogP contribution in [0.4, 0.5) is 8.78 Å². The fourth-order valence-corrected chi connectivity index (χ4v) is 3.55. The average molecular weight is 342 g/mol. The summed E-state index contributed by atoms with van der Waals surface area (Å²) in [6.45, 7) is 3.06. The Morgan fingerprint density at radius 3 is 2.32 bits per heavy atom. The molecule has 1 atom stereocenters. The highest BCUT2D eigenvalue weighted by molar-refractivity contribution is 5.34. The van der Waals surface area contributed by atoms with Gasteiger partial charge in [-0.2, -0.15) is 5.26 Å². The zero-order valence-corrected chi connectivity index (χ0v) is 14.0. The van der Waals surface area contributed by atoms with Crippen LogP contribution < -0.4 is 0 Å². The van der Waals surface area contributed by atoms with E-state index in [4.69, 9.17) is 5.26 Å². The summed E-state index contributed by atoms with van der Waals surface area (Å²) >= 11 is 0. The molecule has 0 aliphatic carbocycles. The van der Waals surface area contributed by atoms with Gasteiger partial charge in [-0.15, -0.1) is 0 Å². The summed E-state index contributed by atoms with van der Waals surface area (Å²) in [5.41, 5.74) is -0.0956. The lowest BCUT2D eigenvalue weighted by atomic mass is 9.83. The summed E-state index contributed by atoms with van der Waals surface area (Å²) in [6, 6.07) is 13.3. The lowest BCUT2D eigenvalue weighted by molar-refractivity contribution is -0.0392. The molecule has 25 heavy (non-hydrogen) atoms. The number of rotatable bonds is 3. The predicted molar refractivity (Wildman–Crippen MR) is 90.6 cm³/mol. The molecule has 0 bridgehead atoms. The van der Waals surface area contributed by atoms with Crippen LogP contribution in [0, 0.1) is 23.0 Å². The molecular formula is C20H20F2N2O. The largest absolute Gasteiger partial charge is 0.385 e. The first-order chi connectivity index (χ1) is 11.9. The van der Waals surface area contributed by atoms with Crippen LogP contribution in [0.3, 0.4) is 0 Å². The van der Waals surface area contributed by atoms with Crippen molar-refractivity contribution in [1.82, 2.24) is 4.90 Å². The van der Waals surface area contributed by atoms with Crippen molar-refractivity contribution >= 4 is 0 Å². The van der Waals surface area contributed by atoms with Gasteiger partial charge in [-0.3, -0.25) is 4.90 Å². The van der Waals surface area contributed by atoms with E-state index in [0.29, 0.717) is 18.7 Å². The quantitative estimate of drug-likeness (QED) is 0.921. The Morgan fingerprint density at radius 1 is 1.12 bits per heavy atom. The molecule has 1 heterocycles. The molecule has 1 aliphatic heterocycles. The summed E-state index contributed by atoms with van der Waals surface area (Å²) < 4.78 is 28.1. The molecule has 0 amide bonds. The molecule has 0 aromatic heterocycles. The molecule has 1 saturated heterocycles. The van der Waals surface area contributed by atoms with Crippen LogP contribution in [0.1, 0.15) is 42.5 Å².